The Morgan fingerprint density at radius 1 is 0.322 bits per heavy atom. The number of rotatable bonds is 8. The van der Waals surface area contributed by atoms with E-state index in [1.807, 2.05) is 60.7 Å². The van der Waals surface area contributed by atoms with E-state index in [-0.39, 0.29) is 0 Å². The number of hydrogen-bond acceptors (Lipinski definition) is 4. The highest BCUT2D eigenvalue weighted by molar-refractivity contribution is 6.17. The summed E-state index contributed by atoms with van der Waals surface area (Å²) in [5.74, 6) is 0.556. The normalized spacial score (nSPS) is 11.4. The molecular formula is C55H36N2O2. The zero-order valence-corrected chi connectivity index (χ0v) is 32.0. The molecule has 0 unspecified atom stereocenters. The van der Waals surface area contributed by atoms with Crippen molar-refractivity contribution in [3.8, 4) is 56.0 Å². The van der Waals surface area contributed by atoms with Crippen LogP contribution < -0.4 is 4.90 Å². The first-order valence-corrected chi connectivity index (χ1v) is 19.9. The van der Waals surface area contributed by atoms with Crippen molar-refractivity contribution in [3.63, 3.8) is 0 Å². The van der Waals surface area contributed by atoms with Crippen LogP contribution in [0.1, 0.15) is 0 Å². The lowest BCUT2D eigenvalue weighted by atomic mass is 9.99. The zero-order valence-electron chi connectivity index (χ0n) is 32.0. The van der Waals surface area contributed by atoms with Crippen molar-refractivity contribution in [1.29, 1.82) is 0 Å². The lowest BCUT2D eigenvalue weighted by Crippen LogP contribution is -2.11. The Balaban J connectivity index is 1.09. The minimum absolute atomic E-state index is 0.556. The van der Waals surface area contributed by atoms with Crippen molar-refractivity contribution in [1.82, 2.24) is 4.98 Å². The molecule has 278 valence electrons. The van der Waals surface area contributed by atoms with Crippen LogP contribution in [0.3, 0.4) is 0 Å². The summed E-state index contributed by atoms with van der Waals surface area (Å²) >= 11 is 0. The third-order valence-corrected chi connectivity index (χ3v) is 11.1. The molecule has 11 aromatic rings. The van der Waals surface area contributed by atoms with E-state index in [2.05, 4.69) is 163 Å². The summed E-state index contributed by atoms with van der Waals surface area (Å²) in [5.41, 5.74) is 15.9. The molecule has 9 aromatic carbocycles. The molecule has 0 saturated heterocycles. The maximum atomic E-state index is 6.82. The van der Waals surface area contributed by atoms with E-state index < -0.39 is 0 Å². The summed E-state index contributed by atoms with van der Waals surface area (Å²) in [7, 11) is 0. The molecule has 59 heavy (non-hydrogen) atoms. The van der Waals surface area contributed by atoms with Crippen molar-refractivity contribution in [2.75, 3.05) is 4.90 Å². The minimum Gasteiger partial charge on any atom is -0.454 e. The number of furan rings is 1. The van der Waals surface area contributed by atoms with Gasteiger partial charge in [-0.05, 0) is 93.0 Å². The van der Waals surface area contributed by atoms with Gasteiger partial charge in [0.15, 0.2) is 11.2 Å². The van der Waals surface area contributed by atoms with Crippen molar-refractivity contribution >= 4 is 50.1 Å². The molecule has 0 aliphatic heterocycles. The molecule has 0 aliphatic carbocycles. The first-order valence-electron chi connectivity index (χ1n) is 19.9. The van der Waals surface area contributed by atoms with Crippen molar-refractivity contribution in [2.45, 2.75) is 0 Å². The van der Waals surface area contributed by atoms with E-state index in [1.54, 1.807) is 0 Å². The van der Waals surface area contributed by atoms with Gasteiger partial charge in [0, 0.05) is 27.7 Å². The molecule has 0 amide bonds. The summed E-state index contributed by atoms with van der Waals surface area (Å²) in [6.07, 6.45) is 0. The first-order chi connectivity index (χ1) is 29.2. The Morgan fingerprint density at radius 3 is 1.39 bits per heavy atom. The van der Waals surface area contributed by atoms with Crippen LogP contribution in [-0.4, -0.2) is 4.98 Å². The summed E-state index contributed by atoms with van der Waals surface area (Å²) < 4.78 is 13.4. The van der Waals surface area contributed by atoms with Gasteiger partial charge in [-0.15, -0.1) is 0 Å². The molecule has 0 radical (unpaired) electrons. The SMILES string of the molecule is c1ccc(-c2ccc(-c3ccc(N(c4cccc(-c5ccc(-c6ccccc6)cc5)c4)c4c5nc(-c6ccccc6)oc5cc5c4oc4ccccc45)cc3)cc2)cc1. The summed E-state index contributed by atoms with van der Waals surface area (Å²) in [4.78, 5) is 7.50. The number of benzene rings is 9. The smallest absolute Gasteiger partial charge is 0.227 e. The highest BCUT2D eigenvalue weighted by Crippen LogP contribution is 2.48. The van der Waals surface area contributed by atoms with E-state index in [4.69, 9.17) is 13.8 Å². The Kier molecular flexibility index (Phi) is 8.45. The lowest BCUT2D eigenvalue weighted by molar-refractivity contribution is 0.620. The monoisotopic (exact) mass is 756 g/mol. The number of aromatic nitrogens is 1. The second kappa shape index (κ2) is 14.5. The van der Waals surface area contributed by atoms with Crippen LogP contribution in [0.15, 0.2) is 227 Å². The molecule has 4 nitrogen and oxygen atoms in total. The fourth-order valence-corrected chi connectivity index (χ4v) is 8.14. The van der Waals surface area contributed by atoms with E-state index in [0.717, 1.165) is 66.8 Å². The Bertz CT molecular complexity index is 3220. The van der Waals surface area contributed by atoms with Gasteiger partial charge in [0.2, 0.25) is 5.89 Å². The highest BCUT2D eigenvalue weighted by atomic mass is 16.4. The number of fused-ring (bicyclic) bond motifs is 4. The zero-order chi connectivity index (χ0) is 39.1. The molecule has 0 spiro atoms. The summed E-state index contributed by atoms with van der Waals surface area (Å²) in [5, 5.41) is 1.98. The predicted molar refractivity (Wildman–Crippen MR) is 243 cm³/mol. The maximum absolute atomic E-state index is 6.82. The van der Waals surface area contributed by atoms with E-state index >= 15 is 0 Å². The molecule has 0 bridgehead atoms. The molecule has 0 atom stereocenters. The van der Waals surface area contributed by atoms with E-state index in [0.29, 0.717) is 17.0 Å². The van der Waals surface area contributed by atoms with Gasteiger partial charge in [0.25, 0.3) is 0 Å². The molecule has 4 heteroatoms. The predicted octanol–water partition coefficient (Wildman–Crippen LogP) is 15.5. The number of para-hydroxylation sites is 1. The molecule has 0 N–H and O–H groups in total. The van der Waals surface area contributed by atoms with E-state index in [9.17, 15) is 0 Å². The number of anilines is 3. The van der Waals surface area contributed by atoms with Gasteiger partial charge in [0.05, 0.1) is 0 Å². The van der Waals surface area contributed by atoms with E-state index in [1.165, 1.54) is 22.3 Å². The van der Waals surface area contributed by atoms with Crippen LogP contribution in [0.2, 0.25) is 0 Å². The van der Waals surface area contributed by atoms with Crippen LogP contribution in [0, 0.1) is 0 Å². The molecule has 2 aromatic heterocycles. The largest absolute Gasteiger partial charge is 0.454 e. The van der Waals surface area contributed by atoms with Crippen molar-refractivity contribution in [2.24, 2.45) is 0 Å². The summed E-state index contributed by atoms with van der Waals surface area (Å²) in [6.45, 7) is 0. The number of hydrogen-bond donors (Lipinski definition) is 0. The van der Waals surface area contributed by atoms with Crippen molar-refractivity contribution < 1.29 is 8.83 Å². The van der Waals surface area contributed by atoms with Crippen molar-refractivity contribution in [3.05, 3.63) is 218 Å². The summed E-state index contributed by atoms with van der Waals surface area (Å²) in [6, 6.07) is 76.3. The van der Waals surface area contributed by atoms with Gasteiger partial charge in [-0.25, -0.2) is 4.98 Å². The fourth-order valence-electron chi connectivity index (χ4n) is 8.14. The number of oxazole rings is 1. The Hall–Kier alpha value is -7.95. The molecule has 0 fully saturated rings. The first kappa shape index (κ1) is 34.3. The third kappa shape index (κ3) is 6.34. The minimum atomic E-state index is 0.556. The molecule has 0 saturated carbocycles. The van der Waals surface area contributed by atoms with Crippen LogP contribution >= 0.6 is 0 Å². The maximum Gasteiger partial charge on any atom is 0.227 e. The van der Waals surface area contributed by atoms with Crippen LogP contribution in [-0.2, 0) is 0 Å². The topological polar surface area (TPSA) is 42.4 Å². The lowest BCUT2D eigenvalue weighted by Gasteiger charge is -2.26. The molecule has 2 heterocycles. The quantitative estimate of drug-likeness (QED) is 0.155. The average molecular weight is 757 g/mol. The second-order valence-corrected chi connectivity index (χ2v) is 14.8. The van der Waals surface area contributed by atoms with Crippen LogP contribution in [0.4, 0.5) is 17.1 Å². The Labute approximate surface area is 341 Å². The Morgan fingerprint density at radius 2 is 0.797 bits per heavy atom. The molecular weight excluding hydrogens is 721 g/mol. The van der Waals surface area contributed by atoms with Gasteiger partial charge in [-0.1, -0.05) is 170 Å². The van der Waals surface area contributed by atoms with Gasteiger partial charge < -0.3 is 13.7 Å². The number of nitrogens with zero attached hydrogens (tertiary/aromatic N) is 2. The third-order valence-electron chi connectivity index (χ3n) is 11.1. The van der Waals surface area contributed by atoms with Gasteiger partial charge in [0.1, 0.15) is 16.8 Å². The fraction of sp³-hybridized carbons (Fsp3) is 0. The standard InChI is InChI=1S/C55H36N2O2/c1-4-13-37(14-5-1)39-23-25-41(26-24-39)42-31-33-46(34-32-42)57(47-20-12-19-45(35-47)43-29-27-40(28-30-43)38-15-6-2-7-16-38)53-52-51(59-55(56-52)44-17-8-3-9-18-44)36-49-48-21-10-11-22-50(48)58-54(49)53/h1-36H. The van der Waals surface area contributed by atoms with Gasteiger partial charge in [-0.2, -0.15) is 0 Å². The molecule has 11 rings (SSSR count). The van der Waals surface area contributed by atoms with Gasteiger partial charge >= 0.3 is 0 Å². The highest BCUT2D eigenvalue weighted by Gasteiger charge is 2.26. The van der Waals surface area contributed by atoms with Gasteiger partial charge in [-0.3, -0.25) is 0 Å². The van der Waals surface area contributed by atoms with Crippen LogP contribution in [0.25, 0.3) is 89.0 Å². The second-order valence-electron chi connectivity index (χ2n) is 14.8. The van der Waals surface area contributed by atoms with Crippen LogP contribution in [0.5, 0.6) is 0 Å². The average Bonchev–Trinajstić information content (AvgIpc) is 3.92. The molecule has 0 aliphatic rings.